The molecule has 2 rings (SSSR count). The highest BCUT2D eigenvalue weighted by molar-refractivity contribution is 7.99. The third kappa shape index (κ3) is 4.56. The van der Waals surface area contributed by atoms with Crippen LogP contribution in [0.3, 0.4) is 0 Å². The van der Waals surface area contributed by atoms with E-state index in [0.717, 1.165) is 16.8 Å². The van der Waals surface area contributed by atoms with Gasteiger partial charge in [0, 0.05) is 21.1 Å². The Labute approximate surface area is 151 Å². The van der Waals surface area contributed by atoms with Crippen LogP contribution in [0.2, 0.25) is 0 Å². The summed E-state index contributed by atoms with van der Waals surface area (Å²) >= 11 is 1.25. The van der Waals surface area contributed by atoms with E-state index in [9.17, 15) is 9.59 Å². The molecule has 0 bridgehead atoms. The number of rotatable bonds is 6. The molecule has 9 heteroatoms. The summed E-state index contributed by atoms with van der Waals surface area (Å²) in [4.78, 5) is 26.8. The summed E-state index contributed by atoms with van der Waals surface area (Å²) in [5.74, 6) is -0.126. The average Bonchev–Trinajstić information content (AvgIpc) is 3.03. The minimum absolute atomic E-state index is 0.0499. The molecular formula is C16H22N6O2S. The van der Waals surface area contributed by atoms with Gasteiger partial charge in [0.2, 0.25) is 17.0 Å². The Morgan fingerprint density at radius 1 is 1.16 bits per heavy atom. The van der Waals surface area contributed by atoms with Gasteiger partial charge < -0.3 is 9.80 Å². The molecule has 1 aromatic heterocycles. The summed E-state index contributed by atoms with van der Waals surface area (Å²) in [6.45, 7) is 4.08. The summed E-state index contributed by atoms with van der Waals surface area (Å²) in [7, 11) is 4.93. The fourth-order valence-electron chi connectivity index (χ4n) is 2.05. The number of aromatic nitrogens is 4. The van der Waals surface area contributed by atoms with E-state index in [2.05, 4.69) is 15.5 Å². The van der Waals surface area contributed by atoms with Crippen LogP contribution in [-0.2, 0) is 9.59 Å². The Bertz CT molecular complexity index is 774. The van der Waals surface area contributed by atoms with Crippen molar-refractivity contribution in [1.82, 2.24) is 30.0 Å². The standard InChI is InChI=1S/C16H22N6O2S/c1-11-7-6-8-13(12(11)2)22-16(17-18-19-22)25-10-15(24)21(5)9-14(23)20(3)4/h6-8H,9-10H2,1-5H3. The third-order valence-electron chi connectivity index (χ3n) is 3.87. The molecule has 25 heavy (non-hydrogen) atoms. The van der Waals surface area contributed by atoms with E-state index in [1.807, 2.05) is 32.0 Å². The van der Waals surface area contributed by atoms with E-state index >= 15 is 0 Å². The minimum Gasteiger partial charge on any atom is -0.347 e. The lowest BCUT2D eigenvalue weighted by molar-refractivity contribution is -0.136. The summed E-state index contributed by atoms with van der Waals surface area (Å²) in [5.41, 5.74) is 3.11. The lowest BCUT2D eigenvalue weighted by Crippen LogP contribution is -2.38. The van der Waals surface area contributed by atoms with Gasteiger partial charge in [0.25, 0.3) is 0 Å². The molecular weight excluding hydrogens is 340 g/mol. The zero-order valence-corrected chi connectivity index (χ0v) is 15.9. The SMILES string of the molecule is Cc1cccc(-n2nnnc2SCC(=O)N(C)CC(=O)N(C)C)c1C. The van der Waals surface area contributed by atoms with E-state index in [0.29, 0.717) is 5.16 Å². The van der Waals surface area contributed by atoms with E-state index in [1.54, 1.807) is 25.8 Å². The number of carbonyl (C=O) groups excluding carboxylic acids is 2. The van der Waals surface area contributed by atoms with Crippen molar-refractivity contribution < 1.29 is 9.59 Å². The van der Waals surface area contributed by atoms with Crippen molar-refractivity contribution in [2.24, 2.45) is 0 Å². The van der Waals surface area contributed by atoms with Crippen LogP contribution in [0.1, 0.15) is 11.1 Å². The second kappa shape index (κ2) is 8.11. The quantitative estimate of drug-likeness (QED) is 0.711. The Balaban J connectivity index is 2.05. The predicted molar refractivity (Wildman–Crippen MR) is 95.7 cm³/mol. The molecule has 0 saturated heterocycles. The van der Waals surface area contributed by atoms with Gasteiger partial charge in [-0.05, 0) is 41.5 Å². The summed E-state index contributed by atoms with van der Waals surface area (Å²) in [5, 5.41) is 12.3. The lowest BCUT2D eigenvalue weighted by Gasteiger charge is -2.19. The zero-order valence-electron chi connectivity index (χ0n) is 15.1. The number of aryl methyl sites for hydroxylation is 1. The molecule has 0 aliphatic carbocycles. The normalized spacial score (nSPS) is 10.6. The number of tetrazole rings is 1. The summed E-state index contributed by atoms with van der Waals surface area (Å²) in [6, 6.07) is 5.91. The second-order valence-electron chi connectivity index (χ2n) is 5.92. The number of nitrogens with zero attached hydrogens (tertiary/aromatic N) is 6. The van der Waals surface area contributed by atoms with Crippen molar-refractivity contribution in [2.45, 2.75) is 19.0 Å². The number of carbonyl (C=O) groups is 2. The van der Waals surface area contributed by atoms with Crippen LogP contribution >= 0.6 is 11.8 Å². The van der Waals surface area contributed by atoms with Gasteiger partial charge in [0.05, 0.1) is 18.0 Å². The van der Waals surface area contributed by atoms with E-state index < -0.39 is 0 Å². The maximum Gasteiger partial charge on any atom is 0.241 e. The molecule has 0 N–H and O–H groups in total. The number of hydrogen-bond donors (Lipinski definition) is 0. The molecule has 0 aliphatic rings. The first-order chi connectivity index (χ1) is 11.8. The van der Waals surface area contributed by atoms with Gasteiger partial charge in [0.15, 0.2) is 0 Å². The van der Waals surface area contributed by atoms with Crippen molar-refractivity contribution in [3.05, 3.63) is 29.3 Å². The Kier molecular flexibility index (Phi) is 6.13. The smallest absolute Gasteiger partial charge is 0.241 e. The molecule has 0 spiro atoms. The Morgan fingerprint density at radius 3 is 2.56 bits per heavy atom. The van der Waals surface area contributed by atoms with Crippen LogP contribution in [0.5, 0.6) is 0 Å². The zero-order chi connectivity index (χ0) is 18.6. The van der Waals surface area contributed by atoms with Crippen molar-refractivity contribution in [3.63, 3.8) is 0 Å². The third-order valence-corrected chi connectivity index (χ3v) is 4.77. The molecule has 8 nitrogen and oxygen atoms in total. The van der Waals surface area contributed by atoms with E-state index in [4.69, 9.17) is 0 Å². The van der Waals surface area contributed by atoms with E-state index in [1.165, 1.54) is 21.6 Å². The van der Waals surface area contributed by atoms with Gasteiger partial charge in [-0.25, -0.2) is 0 Å². The minimum atomic E-state index is -0.157. The van der Waals surface area contributed by atoms with Gasteiger partial charge >= 0.3 is 0 Å². The van der Waals surface area contributed by atoms with Gasteiger partial charge in [-0.2, -0.15) is 4.68 Å². The number of likely N-dealkylation sites (N-methyl/N-ethyl adjacent to an activating group) is 2. The van der Waals surface area contributed by atoms with E-state index in [-0.39, 0.29) is 24.1 Å². The van der Waals surface area contributed by atoms with Gasteiger partial charge in [0.1, 0.15) is 0 Å². The highest BCUT2D eigenvalue weighted by Crippen LogP contribution is 2.22. The Morgan fingerprint density at radius 2 is 1.88 bits per heavy atom. The van der Waals surface area contributed by atoms with Gasteiger partial charge in [-0.15, -0.1) is 5.10 Å². The number of amides is 2. The largest absolute Gasteiger partial charge is 0.347 e. The van der Waals surface area contributed by atoms with Crippen LogP contribution < -0.4 is 0 Å². The molecule has 0 saturated carbocycles. The van der Waals surface area contributed by atoms with Crippen molar-refractivity contribution >= 4 is 23.6 Å². The van der Waals surface area contributed by atoms with Gasteiger partial charge in [-0.3, -0.25) is 9.59 Å². The van der Waals surface area contributed by atoms with Crippen LogP contribution in [-0.4, -0.2) is 75.3 Å². The summed E-state index contributed by atoms with van der Waals surface area (Å²) in [6.07, 6.45) is 0. The molecule has 1 aromatic carbocycles. The number of benzene rings is 1. The first-order valence-corrected chi connectivity index (χ1v) is 8.71. The molecule has 2 amide bonds. The molecule has 0 unspecified atom stereocenters. The average molecular weight is 362 g/mol. The fourth-order valence-corrected chi connectivity index (χ4v) is 2.88. The Hall–Kier alpha value is -2.42. The molecule has 134 valence electrons. The predicted octanol–water partition coefficient (Wildman–Crippen LogP) is 0.918. The first-order valence-electron chi connectivity index (χ1n) is 7.73. The van der Waals surface area contributed by atoms with Crippen molar-refractivity contribution in [3.8, 4) is 5.69 Å². The highest BCUT2D eigenvalue weighted by Gasteiger charge is 2.17. The number of hydrogen-bond acceptors (Lipinski definition) is 6. The van der Waals surface area contributed by atoms with Crippen LogP contribution in [0.4, 0.5) is 0 Å². The lowest BCUT2D eigenvalue weighted by atomic mass is 10.1. The molecule has 1 heterocycles. The maximum absolute atomic E-state index is 12.2. The van der Waals surface area contributed by atoms with Crippen molar-refractivity contribution in [1.29, 1.82) is 0 Å². The maximum atomic E-state index is 12.2. The topological polar surface area (TPSA) is 84.2 Å². The van der Waals surface area contributed by atoms with Crippen LogP contribution in [0.15, 0.2) is 23.4 Å². The van der Waals surface area contributed by atoms with Crippen LogP contribution in [0, 0.1) is 13.8 Å². The number of thioether (sulfide) groups is 1. The molecule has 2 aromatic rings. The second-order valence-corrected chi connectivity index (χ2v) is 6.86. The highest BCUT2D eigenvalue weighted by atomic mass is 32.2. The molecule has 0 fully saturated rings. The molecule has 0 atom stereocenters. The summed E-state index contributed by atoms with van der Waals surface area (Å²) < 4.78 is 1.63. The molecule has 0 aliphatic heterocycles. The fraction of sp³-hybridized carbons (Fsp3) is 0.438. The van der Waals surface area contributed by atoms with Gasteiger partial charge in [-0.1, -0.05) is 23.9 Å². The monoisotopic (exact) mass is 362 g/mol. The van der Waals surface area contributed by atoms with Crippen LogP contribution in [0.25, 0.3) is 5.69 Å². The van der Waals surface area contributed by atoms with Crippen molar-refractivity contribution in [2.75, 3.05) is 33.4 Å². The first kappa shape index (κ1) is 18.9. The molecule has 0 radical (unpaired) electrons.